The average Bonchev–Trinajstić information content (AvgIpc) is 3.59. The molecule has 0 atom stereocenters. The lowest BCUT2D eigenvalue weighted by Gasteiger charge is -2.30. The highest BCUT2D eigenvalue weighted by atomic mass is 35.5. The summed E-state index contributed by atoms with van der Waals surface area (Å²) in [6, 6.07) is 17.2. The Morgan fingerprint density at radius 3 is 2.46 bits per heavy atom. The van der Waals surface area contributed by atoms with E-state index in [0.29, 0.717) is 24.0 Å². The zero-order valence-electron chi connectivity index (χ0n) is 15.4. The standard InChI is InChI=1S/C23H20ClN3O/c24-18-10-8-15(9-11-18)21-19-14-27(23(28)17-4-2-1-3-5-17)13-12-20(19)25-22(26-21)16-6-7-16/h1-5,8-11,16H,6-7,12-14H2. The molecule has 1 aliphatic heterocycles. The molecule has 0 radical (unpaired) electrons. The number of fused-ring (bicyclic) bond motifs is 1. The van der Waals surface area contributed by atoms with E-state index >= 15 is 0 Å². The molecular formula is C23H20ClN3O. The Bertz CT molecular complexity index is 1030. The van der Waals surface area contributed by atoms with Crippen LogP contribution in [0.3, 0.4) is 0 Å². The minimum atomic E-state index is 0.0552. The van der Waals surface area contributed by atoms with Gasteiger partial charge in [-0.1, -0.05) is 41.9 Å². The van der Waals surface area contributed by atoms with Gasteiger partial charge < -0.3 is 4.90 Å². The fourth-order valence-electron chi connectivity index (χ4n) is 3.74. The summed E-state index contributed by atoms with van der Waals surface area (Å²) in [4.78, 5) is 24.6. The first-order valence-corrected chi connectivity index (χ1v) is 10.1. The van der Waals surface area contributed by atoms with Crippen molar-refractivity contribution in [3.63, 3.8) is 0 Å². The van der Waals surface area contributed by atoms with Crippen LogP contribution in [0.5, 0.6) is 0 Å². The van der Waals surface area contributed by atoms with Crippen molar-refractivity contribution in [2.45, 2.75) is 31.7 Å². The molecule has 2 heterocycles. The third-order valence-corrected chi connectivity index (χ3v) is 5.70. The van der Waals surface area contributed by atoms with Gasteiger partial charge in [-0.05, 0) is 37.1 Å². The Hall–Kier alpha value is -2.72. The molecule has 2 aromatic carbocycles. The lowest BCUT2D eigenvalue weighted by atomic mass is 9.98. The lowest BCUT2D eigenvalue weighted by Crippen LogP contribution is -2.37. The monoisotopic (exact) mass is 389 g/mol. The zero-order chi connectivity index (χ0) is 19.1. The Morgan fingerprint density at radius 2 is 1.75 bits per heavy atom. The van der Waals surface area contributed by atoms with Gasteiger partial charge in [-0.25, -0.2) is 9.97 Å². The second kappa shape index (κ2) is 7.02. The Morgan fingerprint density at radius 1 is 1.00 bits per heavy atom. The molecule has 1 aliphatic carbocycles. The van der Waals surface area contributed by atoms with Crippen molar-refractivity contribution in [3.05, 3.63) is 82.3 Å². The second-order valence-corrected chi connectivity index (χ2v) is 7.92. The highest BCUT2D eigenvalue weighted by Crippen LogP contribution is 2.40. The number of nitrogens with zero attached hydrogens (tertiary/aromatic N) is 3. The van der Waals surface area contributed by atoms with Gasteiger partial charge in [0.25, 0.3) is 5.91 Å². The molecule has 1 aromatic heterocycles. The summed E-state index contributed by atoms with van der Waals surface area (Å²) in [6.07, 6.45) is 3.09. The Balaban J connectivity index is 1.54. The number of benzene rings is 2. The van der Waals surface area contributed by atoms with Crippen LogP contribution in [0.1, 0.15) is 46.2 Å². The topological polar surface area (TPSA) is 46.1 Å². The first-order chi connectivity index (χ1) is 13.7. The summed E-state index contributed by atoms with van der Waals surface area (Å²) in [5.74, 6) is 1.49. The van der Waals surface area contributed by atoms with E-state index in [4.69, 9.17) is 21.6 Å². The maximum absolute atomic E-state index is 13.0. The third kappa shape index (κ3) is 3.29. The summed E-state index contributed by atoms with van der Waals surface area (Å²) in [5, 5.41) is 0.704. The number of amides is 1. The van der Waals surface area contributed by atoms with Crippen LogP contribution in [0, 0.1) is 0 Å². The van der Waals surface area contributed by atoms with Crippen molar-refractivity contribution in [1.29, 1.82) is 0 Å². The molecule has 5 heteroatoms. The Labute approximate surface area is 169 Å². The molecule has 0 bridgehead atoms. The van der Waals surface area contributed by atoms with E-state index in [1.807, 2.05) is 59.5 Å². The maximum atomic E-state index is 13.0. The minimum absolute atomic E-state index is 0.0552. The SMILES string of the molecule is O=C(c1ccccc1)N1CCc2nc(C3CC3)nc(-c3ccc(Cl)cc3)c2C1. The number of hydrogen-bond acceptors (Lipinski definition) is 3. The van der Waals surface area contributed by atoms with Gasteiger partial charge >= 0.3 is 0 Å². The summed E-state index contributed by atoms with van der Waals surface area (Å²) >= 11 is 6.08. The van der Waals surface area contributed by atoms with E-state index in [-0.39, 0.29) is 5.91 Å². The highest BCUT2D eigenvalue weighted by molar-refractivity contribution is 6.30. The quantitative estimate of drug-likeness (QED) is 0.641. The maximum Gasteiger partial charge on any atom is 0.254 e. The van der Waals surface area contributed by atoms with E-state index in [1.165, 1.54) is 0 Å². The van der Waals surface area contributed by atoms with Gasteiger partial charge in [0.15, 0.2) is 0 Å². The van der Waals surface area contributed by atoms with E-state index in [9.17, 15) is 4.79 Å². The summed E-state index contributed by atoms with van der Waals surface area (Å²) < 4.78 is 0. The van der Waals surface area contributed by atoms with Crippen LogP contribution in [0.2, 0.25) is 5.02 Å². The molecule has 1 amide bonds. The predicted octanol–water partition coefficient (Wildman–Crippen LogP) is 4.87. The number of rotatable bonds is 3. The van der Waals surface area contributed by atoms with Crippen molar-refractivity contribution < 1.29 is 4.79 Å². The largest absolute Gasteiger partial charge is 0.334 e. The molecule has 5 rings (SSSR count). The second-order valence-electron chi connectivity index (χ2n) is 7.48. The minimum Gasteiger partial charge on any atom is -0.334 e. The van der Waals surface area contributed by atoms with Crippen LogP contribution >= 0.6 is 11.6 Å². The molecule has 1 saturated carbocycles. The summed E-state index contributed by atoms with van der Waals surface area (Å²) in [6.45, 7) is 1.22. The van der Waals surface area contributed by atoms with E-state index in [2.05, 4.69) is 0 Å². The zero-order valence-corrected chi connectivity index (χ0v) is 16.2. The molecule has 4 nitrogen and oxygen atoms in total. The lowest BCUT2D eigenvalue weighted by molar-refractivity contribution is 0.0733. The van der Waals surface area contributed by atoms with Gasteiger partial charge in [0.05, 0.1) is 11.4 Å². The van der Waals surface area contributed by atoms with E-state index < -0.39 is 0 Å². The van der Waals surface area contributed by atoms with Gasteiger partial charge in [-0.2, -0.15) is 0 Å². The molecule has 140 valence electrons. The fourth-order valence-corrected chi connectivity index (χ4v) is 3.87. The first-order valence-electron chi connectivity index (χ1n) is 9.69. The number of halogens is 1. The van der Waals surface area contributed by atoms with Crippen LogP contribution < -0.4 is 0 Å². The number of carbonyl (C=O) groups excluding carboxylic acids is 1. The molecule has 0 unspecified atom stereocenters. The predicted molar refractivity (Wildman–Crippen MR) is 109 cm³/mol. The van der Waals surface area contributed by atoms with Gasteiger partial charge in [-0.15, -0.1) is 0 Å². The van der Waals surface area contributed by atoms with E-state index in [1.54, 1.807) is 0 Å². The van der Waals surface area contributed by atoms with Gasteiger partial charge in [0.1, 0.15) is 5.82 Å². The van der Waals surface area contributed by atoms with E-state index in [0.717, 1.165) is 53.2 Å². The molecule has 28 heavy (non-hydrogen) atoms. The number of hydrogen-bond donors (Lipinski definition) is 0. The van der Waals surface area contributed by atoms with Gasteiger partial charge in [0, 0.05) is 47.1 Å². The van der Waals surface area contributed by atoms with Gasteiger partial charge in [-0.3, -0.25) is 4.79 Å². The third-order valence-electron chi connectivity index (χ3n) is 5.45. The van der Waals surface area contributed by atoms with Crippen LogP contribution in [0.25, 0.3) is 11.3 Å². The molecule has 2 aliphatic rings. The van der Waals surface area contributed by atoms with Crippen molar-refractivity contribution in [3.8, 4) is 11.3 Å². The molecule has 1 fully saturated rings. The number of carbonyl (C=O) groups is 1. The molecular weight excluding hydrogens is 370 g/mol. The fraction of sp³-hybridized carbons (Fsp3) is 0.261. The molecule has 0 saturated heterocycles. The first kappa shape index (κ1) is 17.4. The van der Waals surface area contributed by atoms with Crippen LogP contribution in [-0.2, 0) is 13.0 Å². The van der Waals surface area contributed by atoms with Crippen LogP contribution in [0.4, 0.5) is 0 Å². The van der Waals surface area contributed by atoms with Crippen molar-refractivity contribution in [2.24, 2.45) is 0 Å². The smallest absolute Gasteiger partial charge is 0.254 e. The van der Waals surface area contributed by atoms with Crippen molar-refractivity contribution in [2.75, 3.05) is 6.54 Å². The average molecular weight is 390 g/mol. The highest BCUT2D eigenvalue weighted by Gasteiger charge is 2.31. The molecule has 0 N–H and O–H groups in total. The van der Waals surface area contributed by atoms with Gasteiger partial charge in [0.2, 0.25) is 0 Å². The van der Waals surface area contributed by atoms with Crippen LogP contribution in [0.15, 0.2) is 54.6 Å². The number of aromatic nitrogens is 2. The molecule has 3 aromatic rings. The van der Waals surface area contributed by atoms with Crippen molar-refractivity contribution in [1.82, 2.24) is 14.9 Å². The van der Waals surface area contributed by atoms with Crippen molar-refractivity contribution >= 4 is 17.5 Å². The van der Waals surface area contributed by atoms with Crippen LogP contribution in [-0.4, -0.2) is 27.3 Å². The summed E-state index contributed by atoms with van der Waals surface area (Å²) in [7, 11) is 0. The Kier molecular flexibility index (Phi) is 4.36. The molecule has 0 spiro atoms. The normalized spacial score (nSPS) is 16.0. The summed E-state index contributed by atoms with van der Waals surface area (Å²) in [5.41, 5.74) is 4.82.